The fourth-order valence-electron chi connectivity index (χ4n) is 3.52. The largest absolute Gasteiger partial charge is 0.337 e. The van der Waals surface area contributed by atoms with E-state index < -0.39 is 0 Å². The highest BCUT2D eigenvalue weighted by atomic mass is 32.1. The number of carbonyl (C=O) groups excluding carboxylic acids is 1. The Kier molecular flexibility index (Phi) is 5.71. The van der Waals surface area contributed by atoms with Crippen LogP contribution in [0.25, 0.3) is 0 Å². The molecule has 0 unspecified atom stereocenters. The maximum absolute atomic E-state index is 12.7. The quantitative estimate of drug-likeness (QED) is 0.588. The summed E-state index contributed by atoms with van der Waals surface area (Å²) in [6.45, 7) is 4.10. The Morgan fingerprint density at radius 3 is 2.38 bits per heavy atom. The fraction of sp³-hybridized carbons (Fsp3) is 0.261. The zero-order valence-electron chi connectivity index (χ0n) is 16.5. The number of benzene rings is 2. The third-order valence-corrected chi connectivity index (χ3v) is 6.34. The minimum atomic E-state index is 0.127. The van der Waals surface area contributed by atoms with Gasteiger partial charge in [-0.15, -0.1) is 0 Å². The molecule has 0 amide bonds. The van der Waals surface area contributed by atoms with E-state index >= 15 is 0 Å². The molecule has 2 heterocycles. The minimum Gasteiger partial charge on any atom is -0.337 e. The predicted octanol–water partition coefficient (Wildman–Crippen LogP) is 4.52. The van der Waals surface area contributed by atoms with Crippen LogP contribution in [0.1, 0.15) is 32.9 Å². The van der Waals surface area contributed by atoms with E-state index in [-0.39, 0.29) is 5.78 Å². The number of aromatic nitrogens is 1. The van der Waals surface area contributed by atoms with Crippen LogP contribution >= 0.6 is 11.3 Å². The first-order valence-corrected chi connectivity index (χ1v) is 10.6. The van der Waals surface area contributed by atoms with Gasteiger partial charge in [0.2, 0.25) is 5.96 Å². The maximum Gasteiger partial charge on any atom is 0.200 e. The standard InChI is InChI=1S/C23H24N4OS/c1-17-21(20(28)13-12-18-8-4-2-5-9-18)29-23(25-17)27-15-14-26(22(27)24)16-19-10-6-3-7-11-19/h2-11,24H,12-16H2,1H3. The van der Waals surface area contributed by atoms with Crippen molar-refractivity contribution < 1.29 is 4.79 Å². The average molecular weight is 405 g/mol. The van der Waals surface area contributed by atoms with Gasteiger partial charge < -0.3 is 4.90 Å². The Labute approximate surface area is 175 Å². The minimum absolute atomic E-state index is 0.127. The second-order valence-electron chi connectivity index (χ2n) is 7.20. The summed E-state index contributed by atoms with van der Waals surface area (Å²) in [7, 11) is 0. The van der Waals surface area contributed by atoms with Crippen molar-refractivity contribution in [2.45, 2.75) is 26.3 Å². The van der Waals surface area contributed by atoms with Crippen LogP contribution in [0.2, 0.25) is 0 Å². The van der Waals surface area contributed by atoms with Crippen molar-refractivity contribution in [2.24, 2.45) is 0 Å². The van der Waals surface area contributed by atoms with Crippen molar-refractivity contribution in [1.29, 1.82) is 5.41 Å². The lowest BCUT2D eigenvalue weighted by Gasteiger charge is -2.20. The molecule has 148 valence electrons. The zero-order valence-corrected chi connectivity index (χ0v) is 17.3. The van der Waals surface area contributed by atoms with Crippen LogP contribution in [0.3, 0.4) is 0 Å². The van der Waals surface area contributed by atoms with Gasteiger partial charge in [-0.25, -0.2) is 4.98 Å². The predicted molar refractivity (Wildman–Crippen MR) is 118 cm³/mol. The van der Waals surface area contributed by atoms with Gasteiger partial charge in [0.05, 0.1) is 10.6 Å². The van der Waals surface area contributed by atoms with Crippen LogP contribution in [0.5, 0.6) is 0 Å². The van der Waals surface area contributed by atoms with Gasteiger partial charge in [-0.3, -0.25) is 15.1 Å². The Morgan fingerprint density at radius 2 is 1.69 bits per heavy atom. The maximum atomic E-state index is 12.7. The topological polar surface area (TPSA) is 60.3 Å². The molecule has 1 aliphatic heterocycles. The van der Waals surface area contributed by atoms with Gasteiger partial charge in [0.1, 0.15) is 0 Å². The first-order valence-electron chi connectivity index (χ1n) is 9.81. The number of guanidine groups is 1. The van der Waals surface area contributed by atoms with Crippen molar-refractivity contribution in [2.75, 3.05) is 18.0 Å². The molecule has 1 N–H and O–H groups in total. The van der Waals surface area contributed by atoms with E-state index in [2.05, 4.69) is 17.1 Å². The number of aryl methyl sites for hydroxylation is 2. The Bertz CT molecular complexity index is 1000. The van der Waals surface area contributed by atoms with Crippen LogP contribution in [0, 0.1) is 12.3 Å². The molecule has 0 radical (unpaired) electrons. The second-order valence-corrected chi connectivity index (χ2v) is 8.18. The van der Waals surface area contributed by atoms with Crippen LogP contribution in [-0.4, -0.2) is 34.7 Å². The number of nitrogens with zero attached hydrogens (tertiary/aromatic N) is 3. The lowest BCUT2D eigenvalue weighted by molar-refractivity contribution is 0.0986. The van der Waals surface area contributed by atoms with E-state index in [0.717, 1.165) is 30.3 Å². The lowest BCUT2D eigenvalue weighted by atomic mass is 10.1. The van der Waals surface area contributed by atoms with E-state index in [4.69, 9.17) is 5.41 Å². The highest BCUT2D eigenvalue weighted by Gasteiger charge is 2.29. The van der Waals surface area contributed by atoms with Gasteiger partial charge >= 0.3 is 0 Å². The monoisotopic (exact) mass is 404 g/mol. The van der Waals surface area contributed by atoms with Crippen molar-refractivity contribution in [3.8, 4) is 0 Å². The van der Waals surface area contributed by atoms with E-state index in [1.165, 1.54) is 22.5 Å². The number of hydrogen-bond donors (Lipinski definition) is 1. The third-order valence-electron chi connectivity index (χ3n) is 5.12. The molecule has 2 aromatic carbocycles. The van der Waals surface area contributed by atoms with Crippen molar-refractivity contribution in [1.82, 2.24) is 9.88 Å². The Hall–Kier alpha value is -2.99. The lowest BCUT2D eigenvalue weighted by Crippen LogP contribution is -2.32. The number of anilines is 1. The molecule has 0 atom stereocenters. The molecular weight excluding hydrogens is 380 g/mol. The van der Waals surface area contributed by atoms with Crippen molar-refractivity contribution >= 4 is 28.2 Å². The summed E-state index contributed by atoms with van der Waals surface area (Å²) < 4.78 is 0. The van der Waals surface area contributed by atoms with E-state index in [0.29, 0.717) is 23.8 Å². The van der Waals surface area contributed by atoms with Gasteiger partial charge in [-0.05, 0) is 24.5 Å². The average Bonchev–Trinajstić information content (AvgIpc) is 3.30. The summed E-state index contributed by atoms with van der Waals surface area (Å²) >= 11 is 1.41. The first-order chi connectivity index (χ1) is 14.1. The van der Waals surface area contributed by atoms with Gasteiger partial charge in [0, 0.05) is 26.1 Å². The van der Waals surface area contributed by atoms with Crippen molar-refractivity contribution in [3.63, 3.8) is 0 Å². The molecule has 6 heteroatoms. The highest BCUT2D eigenvalue weighted by molar-refractivity contribution is 7.17. The van der Waals surface area contributed by atoms with E-state index in [9.17, 15) is 4.79 Å². The van der Waals surface area contributed by atoms with Crippen LogP contribution in [-0.2, 0) is 13.0 Å². The summed E-state index contributed by atoms with van der Waals surface area (Å²) in [6.07, 6.45) is 1.21. The molecule has 4 rings (SSSR count). The molecule has 29 heavy (non-hydrogen) atoms. The summed E-state index contributed by atoms with van der Waals surface area (Å²) in [5, 5.41) is 9.31. The third kappa shape index (κ3) is 4.38. The Morgan fingerprint density at radius 1 is 1.03 bits per heavy atom. The molecule has 3 aromatic rings. The molecule has 0 saturated carbocycles. The normalized spacial score (nSPS) is 13.9. The molecule has 1 saturated heterocycles. The summed E-state index contributed by atoms with van der Waals surface area (Å²) in [5.41, 5.74) is 3.12. The van der Waals surface area contributed by atoms with Crippen LogP contribution in [0.15, 0.2) is 60.7 Å². The first kappa shape index (κ1) is 19.3. The van der Waals surface area contributed by atoms with Crippen molar-refractivity contribution in [3.05, 3.63) is 82.4 Å². The highest BCUT2D eigenvalue weighted by Crippen LogP contribution is 2.30. The number of thiazole rings is 1. The Balaban J connectivity index is 1.42. The number of hydrogen-bond acceptors (Lipinski definition) is 4. The molecule has 1 aromatic heterocycles. The van der Waals surface area contributed by atoms with Gasteiger partial charge in [-0.1, -0.05) is 72.0 Å². The molecule has 5 nitrogen and oxygen atoms in total. The smallest absolute Gasteiger partial charge is 0.200 e. The SMILES string of the molecule is Cc1nc(N2CCN(Cc3ccccc3)C2=N)sc1C(=O)CCc1ccccc1. The summed E-state index contributed by atoms with van der Waals surface area (Å²) in [4.78, 5) is 22.0. The summed E-state index contributed by atoms with van der Waals surface area (Å²) in [6, 6.07) is 20.3. The van der Waals surface area contributed by atoms with Gasteiger partial charge in [0.25, 0.3) is 0 Å². The number of rotatable bonds is 7. The molecule has 1 fully saturated rings. The van der Waals surface area contributed by atoms with E-state index in [1.54, 1.807) is 0 Å². The zero-order chi connectivity index (χ0) is 20.2. The summed E-state index contributed by atoms with van der Waals surface area (Å²) in [5.74, 6) is 0.577. The molecule has 0 spiro atoms. The fourth-order valence-corrected chi connectivity index (χ4v) is 4.58. The van der Waals surface area contributed by atoms with Gasteiger partial charge in [-0.2, -0.15) is 0 Å². The number of nitrogens with one attached hydrogen (secondary N) is 1. The van der Waals surface area contributed by atoms with Gasteiger partial charge in [0.15, 0.2) is 10.9 Å². The van der Waals surface area contributed by atoms with E-state index in [1.807, 2.05) is 65.3 Å². The molecule has 1 aliphatic rings. The molecule has 0 bridgehead atoms. The van der Waals surface area contributed by atoms with Crippen LogP contribution in [0.4, 0.5) is 5.13 Å². The molecule has 0 aliphatic carbocycles. The number of ketones is 1. The second kappa shape index (κ2) is 8.57. The van der Waals surface area contributed by atoms with Crippen LogP contribution < -0.4 is 4.90 Å². The molecular formula is C23H24N4OS. The number of Topliss-reactive ketones (excluding diaryl/α,β-unsaturated/α-hetero) is 1. The number of carbonyl (C=O) groups is 1.